The number of amides is 2. The largest absolute Gasteiger partial charge is 0.345 e. The number of hydrogen-bond donors (Lipinski definition) is 1. The maximum absolute atomic E-state index is 12.8. The first-order valence-corrected chi connectivity index (χ1v) is 10.9. The van der Waals surface area contributed by atoms with Crippen LogP contribution < -0.4 is 5.32 Å². The third-order valence-corrected chi connectivity index (χ3v) is 7.16. The Morgan fingerprint density at radius 1 is 1.25 bits per heavy atom. The molecule has 0 aromatic heterocycles. The van der Waals surface area contributed by atoms with E-state index in [1.54, 1.807) is 12.1 Å². The summed E-state index contributed by atoms with van der Waals surface area (Å²) in [6.07, 6.45) is 2.01. The summed E-state index contributed by atoms with van der Waals surface area (Å²) in [5.41, 5.74) is 1.20. The van der Waals surface area contributed by atoms with Crippen LogP contribution in [-0.2, 0) is 10.0 Å². The van der Waals surface area contributed by atoms with Crippen LogP contribution in [0.5, 0.6) is 0 Å². The van der Waals surface area contributed by atoms with Crippen LogP contribution in [0.2, 0.25) is 5.02 Å². The van der Waals surface area contributed by atoms with Gasteiger partial charge in [0.2, 0.25) is 0 Å². The zero-order chi connectivity index (χ0) is 20.1. The summed E-state index contributed by atoms with van der Waals surface area (Å²) in [4.78, 5) is 25.1. The van der Waals surface area contributed by atoms with Crippen LogP contribution in [0.25, 0.3) is 0 Å². The van der Waals surface area contributed by atoms with Crippen molar-refractivity contribution in [3.05, 3.63) is 64.2 Å². The predicted molar refractivity (Wildman–Crippen MR) is 105 cm³/mol. The summed E-state index contributed by atoms with van der Waals surface area (Å²) in [7, 11) is -3.89. The Hall–Kier alpha value is -2.38. The molecule has 0 radical (unpaired) electrons. The molecule has 0 spiro atoms. The molecule has 0 saturated heterocycles. The lowest BCUT2D eigenvalue weighted by atomic mass is 10.0. The Morgan fingerprint density at radius 3 is 2.64 bits per heavy atom. The van der Waals surface area contributed by atoms with Gasteiger partial charge in [0.25, 0.3) is 21.8 Å². The van der Waals surface area contributed by atoms with Gasteiger partial charge in [0.15, 0.2) is 0 Å². The summed E-state index contributed by atoms with van der Waals surface area (Å²) < 4.78 is 26.5. The highest BCUT2D eigenvalue weighted by molar-refractivity contribution is 7.90. The van der Waals surface area contributed by atoms with Gasteiger partial charge in [-0.15, -0.1) is 0 Å². The van der Waals surface area contributed by atoms with Gasteiger partial charge in [-0.05, 0) is 55.2 Å². The summed E-state index contributed by atoms with van der Waals surface area (Å²) in [5, 5.41) is 3.49. The fourth-order valence-electron chi connectivity index (χ4n) is 3.44. The van der Waals surface area contributed by atoms with Gasteiger partial charge in [0.1, 0.15) is 4.90 Å². The minimum absolute atomic E-state index is 0.0899. The van der Waals surface area contributed by atoms with E-state index in [9.17, 15) is 18.0 Å². The van der Waals surface area contributed by atoms with Crippen LogP contribution in [0, 0.1) is 0 Å². The quantitative estimate of drug-likeness (QED) is 0.805. The average Bonchev–Trinajstić information content (AvgIpc) is 3.47. The molecule has 8 heteroatoms. The molecule has 1 unspecified atom stereocenters. The molecule has 2 aliphatic rings. The number of nitrogens with zero attached hydrogens (tertiary/aromatic N) is 1. The molecule has 2 aromatic carbocycles. The van der Waals surface area contributed by atoms with E-state index in [0.29, 0.717) is 24.3 Å². The monoisotopic (exact) mass is 418 g/mol. The summed E-state index contributed by atoms with van der Waals surface area (Å²) in [6, 6.07) is 10.9. The van der Waals surface area contributed by atoms with Crippen molar-refractivity contribution in [1.29, 1.82) is 0 Å². The van der Waals surface area contributed by atoms with Crippen molar-refractivity contribution in [2.75, 3.05) is 0 Å². The van der Waals surface area contributed by atoms with Gasteiger partial charge in [0, 0.05) is 16.6 Å². The predicted octanol–water partition coefficient (Wildman–Crippen LogP) is 3.53. The first kappa shape index (κ1) is 19.0. The third kappa shape index (κ3) is 3.18. The molecule has 1 aliphatic heterocycles. The van der Waals surface area contributed by atoms with Crippen LogP contribution in [0.1, 0.15) is 58.5 Å². The lowest BCUT2D eigenvalue weighted by Crippen LogP contribution is -2.32. The fraction of sp³-hybridized carbons (Fsp3) is 0.300. The second kappa shape index (κ2) is 6.90. The van der Waals surface area contributed by atoms with E-state index >= 15 is 0 Å². The van der Waals surface area contributed by atoms with Crippen LogP contribution in [0.3, 0.4) is 0 Å². The number of rotatable bonds is 5. The number of halogens is 1. The molecule has 1 atom stereocenters. The molecule has 1 fully saturated rings. The van der Waals surface area contributed by atoms with Crippen molar-refractivity contribution in [2.45, 2.75) is 43.2 Å². The molecule has 28 heavy (non-hydrogen) atoms. The third-order valence-electron chi connectivity index (χ3n) is 5.05. The van der Waals surface area contributed by atoms with Crippen molar-refractivity contribution in [2.24, 2.45) is 0 Å². The minimum Gasteiger partial charge on any atom is -0.345 e. The van der Waals surface area contributed by atoms with Crippen LogP contribution >= 0.6 is 11.6 Å². The number of benzene rings is 2. The SMILES string of the molecule is CCC(NC(=O)c1ccc2c(c1)S(=O)(=O)N(C1CC1)C2=O)c1cccc(Cl)c1. The first-order valence-electron chi connectivity index (χ1n) is 9.12. The molecule has 2 aromatic rings. The van der Waals surface area contributed by atoms with Crippen LogP contribution in [0.4, 0.5) is 0 Å². The van der Waals surface area contributed by atoms with Gasteiger partial charge >= 0.3 is 0 Å². The van der Waals surface area contributed by atoms with Gasteiger partial charge in [-0.2, -0.15) is 0 Å². The topological polar surface area (TPSA) is 83.6 Å². The van der Waals surface area contributed by atoms with Crippen LogP contribution in [0.15, 0.2) is 47.4 Å². The lowest BCUT2D eigenvalue weighted by Gasteiger charge is -2.18. The Morgan fingerprint density at radius 2 is 2.00 bits per heavy atom. The van der Waals surface area contributed by atoms with Crippen molar-refractivity contribution in [3.8, 4) is 0 Å². The Bertz CT molecular complexity index is 1080. The Labute approximate surface area is 168 Å². The van der Waals surface area contributed by atoms with E-state index in [1.807, 2.05) is 19.1 Å². The molecule has 146 valence electrons. The molecular weight excluding hydrogens is 400 g/mol. The highest BCUT2D eigenvalue weighted by Crippen LogP contribution is 2.39. The van der Waals surface area contributed by atoms with E-state index in [-0.39, 0.29) is 28.1 Å². The minimum atomic E-state index is -3.89. The zero-order valence-corrected chi connectivity index (χ0v) is 16.8. The first-order chi connectivity index (χ1) is 13.3. The second-order valence-electron chi connectivity index (χ2n) is 7.04. The van der Waals surface area contributed by atoms with Gasteiger partial charge in [-0.3, -0.25) is 9.59 Å². The van der Waals surface area contributed by atoms with Crippen molar-refractivity contribution in [1.82, 2.24) is 9.62 Å². The summed E-state index contributed by atoms with van der Waals surface area (Å²) >= 11 is 6.04. The van der Waals surface area contributed by atoms with Crippen molar-refractivity contribution < 1.29 is 18.0 Å². The van der Waals surface area contributed by atoms with E-state index in [0.717, 1.165) is 9.87 Å². The van der Waals surface area contributed by atoms with E-state index in [1.165, 1.54) is 18.2 Å². The normalized spacial score (nSPS) is 18.6. The smallest absolute Gasteiger partial charge is 0.269 e. The number of fused-ring (bicyclic) bond motifs is 1. The van der Waals surface area contributed by atoms with E-state index in [2.05, 4.69) is 5.32 Å². The van der Waals surface area contributed by atoms with Crippen LogP contribution in [-0.4, -0.2) is 30.6 Å². The molecule has 1 heterocycles. The maximum Gasteiger partial charge on any atom is 0.269 e. The molecule has 4 rings (SSSR count). The number of carbonyl (C=O) groups excluding carboxylic acids is 2. The molecule has 1 saturated carbocycles. The molecule has 2 amide bonds. The second-order valence-corrected chi connectivity index (χ2v) is 9.26. The zero-order valence-electron chi connectivity index (χ0n) is 15.2. The maximum atomic E-state index is 12.8. The standard InChI is InChI=1S/C20H19ClN2O4S/c1-2-17(12-4-3-5-14(21)10-12)22-19(24)13-6-9-16-18(11-13)28(26,27)23(20(16)25)15-7-8-15/h3-6,9-11,15,17H,2,7-8H2,1H3,(H,22,24). The summed E-state index contributed by atoms with van der Waals surface area (Å²) in [5.74, 6) is -0.906. The van der Waals surface area contributed by atoms with Gasteiger partial charge in [0.05, 0.1) is 11.6 Å². The van der Waals surface area contributed by atoms with Gasteiger partial charge < -0.3 is 5.32 Å². The highest BCUT2D eigenvalue weighted by atomic mass is 35.5. The van der Waals surface area contributed by atoms with Gasteiger partial charge in [-0.25, -0.2) is 12.7 Å². The molecule has 1 N–H and O–H groups in total. The van der Waals surface area contributed by atoms with E-state index in [4.69, 9.17) is 11.6 Å². The molecular formula is C20H19ClN2O4S. The van der Waals surface area contributed by atoms with Gasteiger partial charge in [-0.1, -0.05) is 30.7 Å². The van der Waals surface area contributed by atoms with Crippen molar-refractivity contribution in [3.63, 3.8) is 0 Å². The highest BCUT2D eigenvalue weighted by Gasteiger charge is 2.48. The van der Waals surface area contributed by atoms with E-state index < -0.39 is 21.8 Å². The molecule has 1 aliphatic carbocycles. The number of carbonyl (C=O) groups is 2. The number of hydrogen-bond acceptors (Lipinski definition) is 4. The summed E-state index contributed by atoms with van der Waals surface area (Å²) in [6.45, 7) is 1.94. The Kier molecular flexibility index (Phi) is 4.67. The molecule has 0 bridgehead atoms. The molecule has 6 nitrogen and oxygen atoms in total. The lowest BCUT2D eigenvalue weighted by molar-refractivity contribution is 0.0863. The fourth-order valence-corrected chi connectivity index (χ4v) is 5.48. The average molecular weight is 419 g/mol. The number of sulfonamides is 1. The number of nitrogens with one attached hydrogen (secondary N) is 1. The Balaban J connectivity index is 1.62. The van der Waals surface area contributed by atoms with Crippen molar-refractivity contribution >= 4 is 33.4 Å².